The molecule has 0 unspecified atom stereocenters. The van der Waals surface area contributed by atoms with Gasteiger partial charge in [-0.3, -0.25) is 4.79 Å². The maximum atomic E-state index is 13.6. The van der Waals surface area contributed by atoms with E-state index in [-0.39, 0.29) is 22.1 Å². The number of hydrogen-bond acceptors (Lipinski definition) is 2. The van der Waals surface area contributed by atoms with Crippen LogP contribution in [0.25, 0.3) is 11.3 Å². The third-order valence-corrected chi connectivity index (χ3v) is 3.32. The molecule has 5 heteroatoms. The Morgan fingerprint density at radius 3 is 2.69 bits per heavy atom. The number of rotatable bonds is 2. The topological polar surface area (TPSA) is 30.2 Å². The molecule has 82 valence electrons. The SMILES string of the molecule is O=Cc1ccc(-c2c(F)ccc(Br)c2Cl)o1. The van der Waals surface area contributed by atoms with Crippen LogP contribution in [0, 0.1) is 5.82 Å². The Morgan fingerprint density at radius 2 is 2.06 bits per heavy atom. The van der Waals surface area contributed by atoms with E-state index in [0.717, 1.165) is 0 Å². The Balaban J connectivity index is 2.63. The van der Waals surface area contributed by atoms with Gasteiger partial charge in [0.2, 0.25) is 0 Å². The highest BCUT2D eigenvalue weighted by atomic mass is 79.9. The summed E-state index contributed by atoms with van der Waals surface area (Å²) in [6.07, 6.45) is 0.549. The van der Waals surface area contributed by atoms with E-state index in [2.05, 4.69) is 15.9 Å². The van der Waals surface area contributed by atoms with Crippen molar-refractivity contribution in [3.8, 4) is 11.3 Å². The molecule has 0 saturated carbocycles. The first kappa shape index (κ1) is 11.4. The van der Waals surface area contributed by atoms with E-state index in [1.54, 1.807) is 0 Å². The molecule has 0 N–H and O–H groups in total. The fraction of sp³-hybridized carbons (Fsp3) is 0. The lowest BCUT2D eigenvalue weighted by Gasteiger charge is -2.04. The van der Waals surface area contributed by atoms with Crippen molar-refractivity contribution in [2.24, 2.45) is 0 Å². The summed E-state index contributed by atoms with van der Waals surface area (Å²) in [5.74, 6) is -0.142. The van der Waals surface area contributed by atoms with Gasteiger partial charge in [0, 0.05) is 4.47 Å². The molecule has 16 heavy (non-hydrogen) atoms. The number of furan rings is 1. The Kier molecular flexibility index (Phi) is 3.12. The summed E-state index contributed by atoms with van der Waals surface area (Å²) in [6, 6.07) is 5.73. The smallest absolute Gasteiger partial charge is 0.185 e. The zero-order valence-electron chi connectivity index (χ0n) is 7.84. The van der Waals surface area contributed by atoms with Gasteiger partial charge in [-0.1, -0.05) is 11.6 Å². The number of carbonyl (C=O) groups excluding carboxylic acids is 1. The average Bonchev–Trinajstić information content (AvgIpc) is 2.73. The van der Waals surface area contributed by atoms with Crippen LogP contribution in [-0.2, 0) is 0 Å². The highest BCUT2D eigenvalue weighted by Gasteiger charge is 2.15. The largest absolute Gasteiger partial charge is 0.453 e. The van der Waals surface area contributed by atoms with Crippen molar-refractivity contribution in [3.63, 3.8) is 0 Å². The molecule has 0 aliphatic heterocycles. The zero-order chi connectivity index (χ0) is 11.7. The van der Waals surface area contributed by atoms with Gasteiger partial charge in [0.15, 0.2) is 12.0 Å². The fourth-order valence-corrected chi connectivity index (χ4v) is 1.88. The number of benzene rings is 1. The first-order chi connectivity index (χ1) is 7.63. The minimum absolute atomic E-state index is 0.130. The average molecular weight is 304 g/mol. The molecule has 2 nitrogen and oxygen atoms in total. The molecule has 1 aromatic carbocycles. The molecule has 0 spiro atoms. The van der Waals surface area contributed by atoms with Gasteiger partial charge in [0.05, 0.1) is 10.6 Å². The van der Waals surface area contributed by atoms with Crippen molar-refractivity contribution in [1.29, 1.82) is 0 Å². The van der Waals surface area contributed by atoms with Crippen LogP contribution in [0.15, 0.2) is 33.2 Å². The van der Waals surface area contributed by atoms with Gasteiger partial charge < -0.3 is 4.42 Å². The molecule has 0 radical (unpaired) electrons. The first-order valence-corrected chi connectivity index (χ1v) is 5.49. The molecule has 0 fully saturated rings. The van der Waals surface area contributed by atoms with E-state index in [4.69, 9.17) is 16.0 Å². The van der Waals surface area contributed by atoms with E-state index in [1.165, 1.54) is 24.3 Å². The summed E-state index contributed by atoms with van der Waals surface area (Å²) in [5, 5.41) is 0.215. The summed E-state index contributed by atoms with van der Waals surface area (Å²) in [6.45, 7) is 0. The van der Waals surface area contributed by atoms with Crippen LogP contribution in [0.5, 0.6) is 0 Å². The van der Waals surface area contributed by atoms with Crippen LogP contribution in [0.1, 0.15) is 10.6 Å². The van der Waals surface area contributed by atoms with Crippen molar-refractivity contribution in [2.45, 2.75) is 0 Å². The first-order valence-electron chi connectivity index (χ1n) is 4.32. The van der Waals surface area contributed by atoms with Crippen molar-refractivity contribution >= 4 is 33.8 Å². The second-order valence-corrected chi connectivity index (χ2v) is 4.27. The van der Waals surface area contributed by atoms with E-state index in [0.29, 0.717) is 10.8 Å². The third kappa shape index (κ3) is 1.90. The van der Waals surface area contributed by atoms with Gasteiger partial charge >= 0.3 is 0 Å². The predicted molar refractivity (Wildman–Crippen MR) is 62.2 cm³/mol. The normalized spacial score (nSPS) is 10.4. The van der Waals surface area contributed by atoms with Crippen molar-refractivity contribution < 1.29 is 13.6 Å². The van der Waals surface area contributed by atoms with Gasteiger partial charge in [-0.2, -0.15) is 0 Å². The van der Waals surface area contributed by atoms with Crippen LogP contribution >= 0.6 is 27.5 Å². The van der Waals surface area contributed by atoms with Crippen LogP contribution in [-0.4, -0.2) is 6.29 Å². The summed E-state index contributed by atoms with van der Waals surface area (Å²) < 4.78 is 19.3. The van der Waals surface area contributed by atoms with Crippen LogP contribution < -0.4 is 0 Å². The lowest BCUT2D eigenvalue weighted by molar-refractivity contribution is 0.110. The van der Waals surface area contributed by atoms with E-state index >= 15 is 0 Å². The number of hydrogen-bond donors (Lipinski definition) is 0. The summed E-state index contributed by atoms with van der Waals surface area (Å²) in [7, 11) is 0. The van der Waals surface area contributed by atoms with Crippen LogP contribution in [0.2, 0.25) is 5.02 Å². The monoisotopic (exact) mass is 302 g/mol. The van der Waals surface area contributed by atoms with E-state index in [9.17, 15) is 9.18 Å². The molecule has 1 heterocycles. The number of carbonyl (C=O) groups is 1. The maximum absolute atomic E-state index is 13.6. The van der Waals surface area contributed by atoms with Gasteiger partial charge in [-0.05, 0) is 40.2 Å². The molecule has 1 aromatic heterocycles. The Labute approximate surface area is 104 Å². The highest BCUT2D eigenvalue weighted by molar-refractivity contribution is 9.10. The summed E-state index contributed by atoms with van der Waals surface area (Å²) in [5.41, 5.74) is 0.143. The standard InChI is InChI=1S/C11H5BrClFO2/c12-7-2-3-8(14)10(11(7)13)9-4-1-6(5-15)16-9/h1-5H. The molecule has 0 aliphatic rings. The molecule has 0 amide bonds. The van der Waals surface area contributed by atoms with Crippen LogP contribution in [0.4, 0.5) is 4.39 Å². The highest BCUT2D eigenvalue weighted by Crippen LogP contribution is 2.36. The second-order valence-electron chi connectivity index (χ2n) is 3.04. The predicted octanol–water partition coefficient (Wildman–Crippen LogP) is 4.31. The Hall–Kier alpha value is -1.13. The quantitative estimate of drug-likeness (QED) is 0.611. The van der Waals surface area contributed by atoms with E-state index in [1.807, 2.05) is 0 Å². The molecule has 0 atom stereocenters. The second kappa shape index (κ2) is 4.39. The Bertz CT molecular complexity index is 551. The number of aldehydes is 1. The minimum atomic E-state index is -0.500. The molecular formula is C11H5BrClFO2. The van der Waals surface area contributed by atoms with Crippen LogP contribution in [0.3, 0.4) is 0 Å². The van der Waals surface area contributed by atoms with Crippen molar-refractivity contribution in [2.75, 3.05) is 0 Å². The van der Waals surface area contributed by atoms with Gasteiger partial charge in [0.1, 0.15) is 11.6 Å². The Morgan fingerprint density at radius 1 is 1.31 bits per heavy atom. The lowest BCUT2D eigenvalue weighted by Crippen LogP contribution is -1.85. The maximum Gasteiger partial charge on any atom is 0.185 e. The third-order valence-electron chi connectivity index (χ3n) is 2.03. The molecular weight excluding hydrogens is 298 g/mol. The summed E-state index contributed by atoms with van der Waals surface area (Å²) >= 11 is 9.14. The lowest BCUT2D eigenvalue weighted by atomic mass is 10.1. The minimum Gasteiger partial charge on any atom is -0.453 e. The summed E-state index contributed by atoms with van der Waals surface area (Å²) in [4.78, 5) is 10.5. The van der Waals surface area contributed by atoms with Crippen molar-refractivity contribution in [1.82, 2.24) is 0 Å². The van der Waals surface area contributed by atoms with Gasteiger partial charge in [-0.25, -0.2) is 4.39 Å². The fourth-order valence-electron chi connectivity index (χ4n) is 1.30. The van der Waals surface area contributed by atoms with E-state index < -0.39 is 5.82 Å². The molecule has 0 bridgehead atoms. The number of halogens is 3. The van der Waals surface area contributed by atoms with Gasteiger partial charge in [-0.15, -0.1) is 0 Å². The molecule has 2 rings (SSSR count). The molecule has 0 saturated heterocycles. The van der Waals surface area contributed by atoms with Gasteiger partial charge in [0.25, 0.3) is 0 Å². The molecule has 0 aliphatic carbocycles. The molecule has 2 aromatic rings. The zero-order valence-corrected chi connectivity index (χ0v) is 10.2. The van der Waals surface area contributed by atoms with Crippen molar-refractivity contribution in [3.05, 3.63) is 45.3 Å².